The summed E-state index contributed by atoms with van der Waals surface area (Å²) in [6.07, 6.45) is 1.46. The van der Waals surface area contributed by atoms with E-state index in [4.69, 9.17) is 21.9 Å². The molecule has 0 spiro atoms. The molecule has 1 aromatic heterocycles. The number of fused-ring (bicyclic) bond motifs is 1. The molecular weight excluding hydrogens is 392 g/mol. The molecule has 3 rings (SSSR count). The van der Waals surface area contributed by atoms with Gasteiger partial charge in [0.15, 0.2) is 11.8 Å². The number of benzene rings is 1. The quantitative estimate of drug-likeness (QED) is 0.268. The number of rotatable bonds is 6. The molecule has 0 unspecified atom stereocenters. The van der Waals surface area contributed by atoms with Crippen LogP contribution in [0.1, 0.15) is 29.8 Å². The molecule has 1 aliphatic rings. The van der Waals surface area contributed by atoms with Crippen LogP contribution in [0.5, 0.6) is 5.75 Å². The van der Waals surface area contributed by atoms with Gasteiger partial charge in [-0.2, -0.15) is 9.39 Å². The van der Waals surface area contributed by atoms with Gasteiger partial charge in [-0.15, -0.1) is 0 Å². The number of ether oxygens (including phenoxy) is 1. The average Bonchev–Trinajstić information content (AvgIpc) is 2.66. The standard InChI is InChI=1S/C18H22N8O2S/c1-18(2,24-16(27)10-6-7-22-13(8-10)23-17(20)21)9-28-12-5-3-4-11-14(12)15(19)26-29-25-11/h3-8,25H,9H2,1-2H3,(H2,19,26)(H,24,27)(H4,20,21,22,23). The number of nitrogens with zero attached hydrogens (tertiary/aromatic N) is 3. The number of amides is 1. The Labute approximate surface area is 172 Å². The number of hydrogen-bond donors (Lipinski definition) is 5. The summed E-state index contributed by atoms with van der Waals surface area (Å²) in [4.78, 5) is 20.5. The fraction of sp³-hybridized carbons (Fsp3) is 0.222. The van der Waals surface area contributed by atoms with Gasteiger partial charge in [-0.3, -0.25) is 4.79 Å². The van der Waals surface area contributed by atoms with E-state index in [2.05, 4.69) is 24.4 Å². The van der Waals surface area contributed by atoms with Crippen molar-refractivity contribution in [2.75, 3.05) is 11.3 Å². The lowest BCUT2D eigenvalue weighted by Crippen LogP contribution is -2.48. The van der Waals surface area contributed by atoms with E-state index in [-0.39, 0.29) is 24.3 Å². The number of anilines is 1. The molecule has 11 heteroatoms. The van der Waals surface area contributed by atoms with Gasteiger partial charge in [-0.25, -0.2) is 4.98 Å². The lowest BCUT2D eigenvalue weighted by atomic mass is 10.1. The van der Waals surface area contributed by atoms with Crippen molar-refractivity contribution in [3.63, 3.8) is 0 Å². The normalized spacial score (nSPS) is 12.8. The SMILES string of the molecule is CC(C)(COc1cccc2c1C(N)=NSN2)NC(=O)c1ccnc(N=C(N)N)c1. The Morgan fingerprint density at radius 3 is 2.90 bits per heavy atom. The second-order valence-corrected chi connectivity index (χ2v) is 7.48. The van der Waals surface area contributed by atoms with E-state index in [1.54, 1.807) is 12.1 Å². The second-order valence-electron chi connectivity index (χ2n) is 6.91. The van der Waals surface area contributed by atoms with Gasteiger partial charge in [0.05, 0.1) is 28.9 Å². The minimum absolute atomic E-state index is 0.134. The van der Waals surface area contributed by atoms with Gasteiger partial charge in [0, 0.05) is 11.8 Å². The first-order chi connectivity index (χ1) is 13.7. The Morgan fingerprint density at radius 2 is 2.14 bits per heavy atom. The molecule has 10 nitrogen and oxygen atoms in total. The second kappa shape index (κ2) is 8.27. The molecule has 0 bridgehead atoms. The summed E-state index contributed by atoms with van der Waals surface area (Å²) in [6, 6.07) is 8.63. The lowest BCUT2D eigenvalue weighted by Gasteiger charge is -2.27. The van der Waals surface area contributed by atoms with Gasteiger partial charge in [0.25, 0.3) is 5.91 Å². The molecule has 8 N–H and O–H groups in total. The summed E-state index contributed by atoms with van der Waals surface area (Å²) in [7, 11) is 0. The predicted octanol–water partition coefficient (Wildman–Crippen LogP) is 1.27. The van der Waals surface area contributed by atoms with Crippen LogP contribution in [0.15, 0.2) is 45.9 Å². The minimum Gasteiger partial charge on any atom is -0.490 e. The molecule has 2 heterocycles. The zero-order valence-corrected chi connectivity index (χ0v) is 16.8. The van der Waals surface area contributed by atoms with E-state index < -0.39 is 5.54 Å². The summed E-state index contributed by atoms with van der Waals surface area (Å²) in [5.41, 5.74) is 17.9. The van der Waals surface area contributed by atoms with Crippen molar-refractivity contribution >= 4 is 41.3 Å². The number of guanidine groups is 1. The number of aliphatic imine (C=N–C) groups is 1. The molecular formula is C18H22N8O2S. The van der Waals surface area contributed by atoms with E-state index in [0.29, 0.717) is 22.7 Å². The van der Waals surface area contributed by atoms with Crippen LogP contribution in [0.4, 0.5) is 11.5 Å². The molecule has 1 aliphatic heterocycles. The van der Waals surface area contributed by atoms with Crippen LogP contribution >= 0.6 is 12.1 Å². The van der Waals surface area contributed by atoms with Crippen molar-refractivity contribution in [2.24, 2.45) is 26.6 Å². The fourth-order valence-electron chi connectivity index (χ4n) is 2.59. The first kappa shape index (κ1) is 20.3. The molecule has 0 atom stereocenters. The summed E-state index contributed by atoms with van der Waals surface area (Å²) in [6.45, 7) is 3.91. The van der Waals surface area contributed by atoms with E-state index >= 15 is 0 Å². The van der Waals surface area contributed by atoms with Crippen LogP contribution in [0.2, 0.25) is 0 Å². The molecule has 0 aliphatic carbocycles. The van der Waals surface area contributed by atoms with Gasteiger partial charge in [0.1, 0.15) is 18.2 Å². The van der Waals surface area contributed by atoms with Gasteiger partial charge >= 0.3 is 0 Å². The van der Waals surface area contributed by atoms with E-state index in [1.165, 1.54) is 12.3 Å². The third-order valence-electron chi connectivity index (χ3n) is 3.87. The van der Waals surface area contributed by atoms with Crippen molar-refractivity contribution in [3.8, 4) is 5.75 Å². The first-order valence-electron chi connectivity index (χ1n) is 8.65. The smallest absolute Gasteiger partial charge is 0.252 e. The number of hydrogen-bond acceptors (Lipinski definition) is 8. The summed E-state index contributed by atoms with van der Waals surface area (Å²) in [5, 5.41) is 2.93. The number of aromatic nitrogens is 1. The van der Waals surface area contributed by atoms with Crippen LogP contribution in [0, 0.1) is 0 Å². The van der Waals surface area contributed by atoms with Crippen molar-refractivity contribution in [1.82, 2.24) is 10.3 Å². The minimum atomic E-state index is -0.678. The van der Waals surface area contributed by atoms with Crippen LogP contribution in [-0.4, -0.2) is 34.8 Å². The van der Waals surface area contributed by atoms with Crippen LogP contribution < -0.4 is 32.0 Å². The zero-order chi connectivity index (χ0) is 21.0. The molecule has 0 radical (unpaired) electrons. The number of nitrogens with two attached hydrogens (primary N) is 3. The van der Waals surface area contributed by atoms with Gasteiger partial charge in [0.2, 0.25) is 0 Å². The molecule has 0 saturated carbocycles. The predicted molar refractivity (Wildman–Crippen MR) is 115 cm³/mol. The highest BCUT2D eigenvalue weighted by atomic mass is 32.2. The highest BCUT2D eigenvalue weighted by Gasteiger charge is 2.24. The van der Waals surface area contributed by atoms with E-state index in [1.807, 2.05) is 26.0 Å². The summed E-state index contributed by atoms with van der Waals surface area (Å²) < 4.78 is 13.1. The van der Waals surface area contributed by atoms with Crippen LogP contribution in [-0.2, 0) is 0 Å². The molecule has 152 valence electrons. The largest absolute Gasteiger partial charge is 0.490 e. The van der Waals surface area contributed by atoms with Crippen molar-refractivity contribution in [1.29, 1.82) is 0 Å². The number of pyridine rings is 1. The highest BCUT2D eigenvalue weighted by molar-refractivity contribution is 7.99. The Kier molecular flexibility index (Phi) is 5.78. The maximum atomic E-state index is 12.6. The monoisotopic (exact) mass is 414 g/mol. The molecule has 29 heavy (non-hydrogen) atoms. The Hall–Kier alpha value is -3.47. The third-order valence-corrected chi connectivity index (χ3v) is 4.47. The zero-order valence-electron chi connectivity index (χ0n) is 16.0. The highest BCUT2D eigenvalue weighted by Crippen LogP contribution is 2.32. The Bertz CT molecular complexity index is 986. The van der Waals surface area contributed by atoms with E-state index in [0.717, 1.165) is 17.8 Å². The molecule has 2 aromatic rings. The Balaban J connectivity index is 1.69. The average molecular weight is 414 g/mol. The number of carbonyl (C=O) groups is 1. The molecule has 0 saturated heterocycles. The van der Waals surface area contributed by atoms with Gasteiger partial charge < -0.3 is 32.0 Å². The number of carbonyl (C=O) groups excluding carboxylic acids is 1. The molecule has 0 fully saturated rings. The van der Waals surface area contributed by atoms with Crippen molar-refractivity contribution in [2.45, 2.75) is 19.4 Å². The van der Waals surface area contributed by atoms with Crippen LogP contribution in [0.3, 0.4) is 0 Å². The summed E-state index contributed by atoms with van der Waals surface area (Å²) >= 11 is 1.16. The van der Waals surface area contributed by atoms with E-state index in [9.17, 15) is 4.79 Å². The molecule has 1 amide bonds. The number of nitrogens with one attached hydrogen (secondary N) is 2. The lowest BCUT2D eigenvalue weighted by molar-refractivity contribution is 0.0880. The maximum Gasteiger partial charge on any atom is 0.252 e. The van der Waals surface area contributed by atoms with Crippen molar-refractivity contribution in [3.05, 3.63) is 47.7 Å². The Morgan fingerprint density at radius 1 is 1.34 bits per heavy atom. The van der Waals surface area contributed by atoms with Gasteiger partial charge in [-0.05, 0) is 38.1 Å². The first-order valence-corrected chi connectivity index (χ1v) is 9.42. The number of amidine groups is 1. The summed E-state index contributed by atoms with van der Waals surface area (Å²) in [5.74, 6) is 0.777. The van der Waals surface area contributed by atoms with Gasteiger partial charge in [-0.1, -0.05) is 6.07 Å². The topological polar surface area (TPSA) is 166 Å². The fourth-order valence-corrected chi connectivity index (χ4v) is 3.10. The van der Waals surface area contributed by atoms with Crippen molar-refractivity contribution < 1.29 is 9.53 Å². The maximum absolute atomic E-state index is 12.6. The van der Waals surface area contributed by atoms with Crippen LogP contribution in [0.25, 0.3) is 0 Å². The molecule has 1 aromatic carbocycles. The third kappa shape index (κ3) is 5.08.